The van der Waals surface area contributed by atoms with Crippen molar-refractivity contribution in [3.05, 3.63) is 66.5 Å². The summed E-state index contributed by atoms with van der Waals surface area (Å²) in [6.07, 6.45) is 1.65. The molecule has 6 nitrogen and oxygen atoms in total. The predicted molar refractivity (Wildman–Crippen MR) is 102 cm³/mol. The number of benzene rings is 2. The first-order valence-electron chi connectivity index (χ1n) is 8.19. The van der Waals surface area contributed by atoms with Crippen LogP contribution < -0.4 is 10.1 Å². The van der Waals surface area contributed by atoms with Gasteiger partial charge in [-0.25, -0.2) is 0 Å². The van der Waals surface area contributed by atoms with E-state index in [9.17, 15) is 4.79 Å². The summed E-state index contributed by atoms with van der Waals surface area (Å²) in [7, 11) is 1.62. The van der Waals surface area contributed by atoms with Crippen molar-refractivity contribution in [3.8, 4) is 11.4 Å². The van der Waals surface area contributed by atoms with Gasteiger partial charge in [0.15, 0.2) is 5.16 Å². The van der Waals surface area contributed by atoms with Gasteiger partial charge in [-0.1, -0.05) is 48.2 Å². The summed E-state index contributed by atoms with van der Waals surface area (Å²) in [5.74, 6) is 0.943. The van der Waals surface area contributed by atoms with Crippen LogP contribution in [0.3, 0.4) is 0 Å². The van der Waals surface area contributed by atoms with Gasteiger partial charge in [0, 0.05) is 11.3 Å². The second-order valence-electron chi connectivity index (χ2n) is 5.64. The SMILES string of the molecule is COc1ccccc1C(C)NC(=O)CSc1nncn1-c1ccccc1. The zero-order valence-corrected chi connectivity index (χ0v) is 15.4. The lowest BCUT2D eigenvalue weighted by Gasteiger charge is -2.17. The summed E-state index contributed by atoms with van der Waals surface area (Å²) >= 11 is 1.35. The number of rotatable bonds is 7. The van der Waals surface area contributed by atoms with E-state index in [0.29, 0.717) is 5.16 Å². The molecule has 0 saturated heterocycles. The molecule has 3 aromatic rings. The average Bonchev–Trinajstić information content (AvgIpc) is 3.15. The Hall–Kier alpha value is -2.80. The van der Waals surface area contributed by atoms with Crippen LogP contribution in [-0.2, 0) is 4.79 Å². The first kappa shape index (κ1) is 18.0. The molecule has 0 aliphatic rings. The van der Waals surface area contributed by atoms with Crippen molar-refractivity contribution in [1.29, 1.82) is 0 Å². The van der Waals surface area contributed by atoms with Crippen LogP contribution in [0.15, 0.2) is 66.1 Å². The topological polar surface area (TPSA) is 69.0 Å². The normalized spacial score (nSPS) is 11.8. The van der Waals surface area contributed by atoms with E-state index in [1.54, 1.807) is 13.4 Å². The van der Waals surface area contributed by atoms with E-state index < -0.39 is 0 Å². The second-order valence-corrected chi connectivity index (χ2v) is 6.58. The smallest absolute Gasteiger partial charge is 0.230 e. The first-order valence-corrected chi connectivity index (χ1v) is 9.18. The third kappa shape index (κ3) is 4.23. The number of hydrogen-bond donors (Lipinski definition) is 1. The Labute approximate surface area is 156 Å². The highest BCUT2D eigenvalue weighted by atomic mass is 32.2. The molecule has 0 fully saturated rings. The summed E-state index contributed by atoms with van der Waals surface area (Å²) < 4.78 is 7.22. The van der Waals surface area contributed by atoms with E-state index in [-0.39, 0.29) is 17.7 Å². The Morgan fingerprint density at radius 3 is 2.69 bits per heavy atom. The van der Waals surface area contributed by atoms with Crippen molar-refractivity contribution in [2.75, 3.05) is 12.9 Å². The summed E-state index contributed by atoms with van der Waals surface area (Å²) in [5.41, 5.74) is 1.91. The van der Waals surface area contributed by atoms with E-state index >= 15 is 0 Å². The average molecular weight is 368 g/mol. The Kier molecular flexibility index (Phi) is 5.91. The molecule has 134 valence electrons. The fourth-order valence-corrected chi connectivity index (χ4v) is 3.34. The molecule has 0 radical (unpaired) electrons. The molecule has 3 rings (SSSR count). The first-order chi connectivity index (χ1) is 12.7. The lowest BCUT2D eigenvalue weighted by Crippen LogP contribution is -2.28. The Bertz CT molecular complexity index is 867. The Balaban J connectivity index is 1.61. The highest BCUT2D eigenvalue weighted by molar-refractivity contribution is 7.99. The number of nitrogens with zero attached hydrogens (tertiary/aromatic N) is 3. The maximum Gasteiger partial charge on any atom is 0.230 e. The van der Waals surface area contributed by atoms with E-state index in [4.69, 9.17) is 4.74 Å². The molecule has 7 heteroatoms. The minimum absolute atomic E-state index is 0.0731. The highest BCUT2D eigenvalue weighted by Gasteiger charge is 2.15. The maximum atomic E-state index is 12.3. The minimum atomic E-state index is -0.147. The van der Waals surface area contributed by atoms with Gasteiger partial charge in [-0.05, 0) is 25.1 Å². The maximum absolute atomic E-state index is 12.3. The molecule has 1 aromatic heterocycles. The molecule has 1 amide bonds. The quantitative estimate of drug-likeness (QED) is 0.649. The zero-order chi connectivity index (χ0) is 18.4. The number of para-hydroxylation sites is 2. The van der Waals surface area contributed by atoms with Crippen LogP contribution in [0.25, 0.3) is 5.69 Å². The Morgan fingerprint density at radius 2 is 1.92 bits per heavy atom. The number of nitrogens with one attached hydrogen (secondary N) is 1. The van der Waals surface area contributed by atoms with Gasteiger partial charge < -0.3 is 10.1 Å². The number of hydrogen-bond acceptors (Lipinski definition) is 5. The van der Waals surface area contributed by atoms with Gasteiger partial charge in [-0.3, -0.25) is 9.36 Å². The Morgan fingerprint density at radius 1 is 1.19 bits per heavy atom. The number of carbonyl (C=O) groups is 1. The molecule has 1 unspecified atom stereocenters. The fourth-order valence-electron chi connectivity index (χ4n) is 2.60. The van der Waals surface area contributed by atoms with Crippen molar-refractivity contribution in [2.45, 2.75) is 18.1 Å². The second kappa shape index (κ2) is 8.53. The van der Waals surface area contributed by atoms with Crippen LogP contribution in [-0.4, -0.2) is 33.5 Å². The fraction of sp³-hybridized carbons (Fsp3) is 0.211. The van der Waals surface area contributed by atoms with E-state index in [0.717, 1.165) is 17.0 Å². The van der Waals surface area contributed by atoms with Crippen LogP contribution in [0.5, 0.6) is 5.75 Å². The highest BCUT2D eigenvalue weighted by Crippen LogP contribution is 2.25. The third-order valence-corrected chi connectivity index (χ3v) is 4.81. The van der Waals surface area contributed by atoms with Gasteiger partial charge in [0.1, 0.15) is 12.1 Å². The van der Waals surface area contributed by atoms with Crippen molar-refractivity contribution in [3.63, 3.8) is 0 Å². The summed E-state index contributed by atoms with van der Waals surface area (Å²) in [5, 5.41) is 11.7. The molecule has 1 N–H and O–H groups in total. The number of carbonyl (C=O) groups excluding carboxylic acids is 1. The predicted octanol–water partition coefficient (Wildman–Crippen LogP) is 3.25. The van der Waals surface area contributed by atoms with Gasteiger partial charge in [0.2, 0.25) is 5.91 Å². The molecule has 0 spiro atoms. The van der Waals surface area contributed by atoms with Gasteiger partial charge in [-0.15, -0.1) is 10.2 Å². The minimum Gasteiger partial charge on any atom is -0.496 e. The summed E-state index contributed by atoms with van der Waals surface area (Å²) in [6, 6.07) is 17.3. The molecule has 0 aliphatic heterocycles. The van der Waals surface area contributed by atoms with Gasteiger partial charge in [0.25, 0.3) is 0 Å². The van der Waals surface area contributed by atoms with Crippen molar-refractivity contribution in [2.24, 2.45) is 0 Å². The number of thioether (sulfide) groups is 1. The van der Waals surface area contributed by atoms with Gasteiger partial charge in [0.05, 0.1) is 18.9 Å². The molecule has 1 heterocycles. The van der Waals surface area contributed by atoms with E-state index in [2.05, 4.69) is 15.5 Å². The van der Waals surface area contributed by atoms with Gasteiger partial charge >= 0.3 is 0 Å². The molecule has 0 saturated carbocycles. The monoisotopic (exact) mass is 368 g/mol. The molecule has 0 bridgehead atoms. The molecule has 26 heavy (non-hydrogen) atoms. The van der Waals surface area contributed by atoms with Crippen LogP contribution in [0.1, 0.15) is 18.5 Å². The molecule has 0 aliphatic carbocycles. The third-order valence-electron chi connectivity index (χ3n) is 3.87. The largest absolute Gasteiger partial charge is 0.496 e. The van der Waals surface area contributed by atoms with E-state index in [1.165, 1.54) is 11.8 Å². The molecular weight excluding hydrogens is 348 g/mol. The van der Waals surface area contributed by atoms with Gasteiger partial charge in [-0.2, -0.15) is 0 Å². The van der Waals surface area contributed by atoms with Crippen molar-refractivity contribution in [1.82, 2.24) is 20.1 Å². The number of methoxy groups -OCH3 is 1. The lowest BCUT2D eigenvalue weighted by atomic mass is 10.1. The zero-order valence-electron chi connectivity index (χ0n) is 14.6. The van der Waals surface area contributed by atoms with Crippen LogP contribution in [0, 0.1) is 0 Å². The number of ether oxygens (including phenoxy) is 1. The van der Waals surface area contributed by atoms with E-state index in [1.807, 2.05) is 66.1 Å². The molecular formula is C19H20N4O2S. The summed E-state index contributed by atoms with van der Waals surface area (Å²) in [6.45, 7) is 1.94. The van der Waals surface area contributed by atoms with Crippen LogP contribution in [0.2, 0.25) is 0 Å². The van der Waals surface area contributed by atoms with Crippen LogP contribution >= 0.6 is 11.8 Å². The number of amides is 1. The summed E-state index contributed by atoms with van der Waals surface area (Å²) in [4.78, 5) is 12.3. The standard InChI is InChI=1S/C19H20N4O2S/c1-14(16-10-6-7-11-17(16)25-2)21-18(24)12-26-19-22-20-13-23(19)15-8-4-3-5-9-15/h3-11,13-14H,12H2,1-2H3,(H,21,24). The van der Waals surface area contributed by atoms with Crippen molar-refractivity contribution < 1.29 is 9.53 Å². The molecule has 2 aromatic carbocycles. The van der Waals surface area contributed by atoms with Crippen molar-refractivity contribution >= 4 is 17.7 Å². The van der Waals surface area contributed by atoms with Crippen LogP contribution in [0.4, 0.5) is 0 Å². The number of aromatic nitrogens is 3. The lowest BCUT2D eigenvalue weighted by molar-refractivity contribution is -0.119. The molecule has 1 atom stereocenters.